The van der Waals surface area contributed by atoms with Gasteiger partial charge >= 0.3 is 40.1 Å². The van der Waals surface area contributed by atoms with Gasteiger partial charge in [-0.3, -0.25) is 4.79 Å². The van der Waals surface area contributed by atoms with Gasteiger partial charge in [-0.15, -0.1) is 0 Å². The first-order chi connectivity index (χ1) is 17.0. The van der Waals surface area contributed by atoms with Crippen molar-refractivity contribution >= 4 is 32.0 Å². The number of ether oxygens (including phenoxy) is 2. The first kappa shape index (κ1) is 28.5. The predicted molar refractivity (Wildman–Crippen MR) is 124 cm³/mol. The van der Waals surface area contributed by atoms with Gasteiger partial charge in [0.2, 0.25) is 5.69 Å². The summed E-state index contributed by atoms with van der Waals surface area (Å²) >= 11 is 0. The van der Waals surface area contributed by atoms with E-state index >= 15 is 0 Å². The monoisotopic (exact) mass is 553 g/mol. The predicted octanol–water partition coefficient (Wildman–Crippen LogP) is 3.37. The van der Waals surface area contributed by atoms with Gasteiger partial charge in [0.25, 0.3) is 5.91 Å². The van der Waals surface area contributed by atoms with Crippen molar-refractivity contribution in [1.82, 2.24) is 4.90 Å². The molecule has 8 nitrogen and oxygen atoms in total. The SMILES string of the molecule is F[P-](F)(F)(F)(F)F.[C-]#[N+]c1ccc(Oc2ccc3c(c2)COB3O)cc1OCC(=O)N1CC[NH+](C)CC1. The van der Waals surface area contributed by atoms with Crippen LogP contribution in [0.1, 0.15) is 5.56 Å². The van der Waals surface area contributed by atoms with Crippen LogP contribution in [0.4, 0.5) is 30.9 Å². The Bertz CT molecular complexity index is 1190. The van der Waals surface area contributed by atoms with Gasteiger partial charge in [0, 0.05) is 6.07 Å². The van der Waals surface area contributed by atoms with Crippen LogP contribution in [-0.4, -0.2) is 62.8 Å². The zero-order valence-electron chi connectivity index (χ0n) is 19.5. The Kier molecular flexibility index (Phi) is 7.72. The van der Waals surface area contributed by atoms with Gasteiger partial charge in [0.1, 0.15) is 17.2 Å². The molecule has 0 atom stereocenters. The number of halogens is 6. The normalized spacial score (nSPS) is 17.5. The molecule has 0 spiro atoms. The van der Waals surface area contributed by atoms with Gasteiger partial charge in [-0.05, 0) is 35.3 Å². The fraction of sp³-hybridized carbons (Fsp3) is 0.333. The van der Waals surface area contributed by atoms with E-state index in [-0.39, 0.29) is 12.5 Å². The van der Waals surface area contributed by atoms with E-state index in [0.717, 1.165) is 24.1 Å². The molecule has 2 aliphatic heterocycles. The summed E-state index contributed by atoms with van der Waals surface area (Å²) in [6.45, 7) is 10.8. The third-order valence-electron chi connectivity index (χ3n) is 5.39. The smallest absolute Gasteiger partial charge is 0.491 e. The standard InChI is InChI=1S/C21H22BN3O5.F6P/c1-23-19-6-4-17(30-16-3-5-18-15(11-16)13-29-22(18)27)12-20(19)28-14-21(26)25-9-7-24(2)8-10-25;1-7(2,3,4,5)6/h3-6,11-12,27H,7-10,13-14H2,2H3;/q;-1/p+1. The molecule has 1 fully saturated rings. The molecule has 0 radical (unpaired) electrons. The molecule has 2 N–H and O–H groups in total. The number of fused-ring (bicyclic) bond motifs is 1. The van der Waals surface area contributed by atoms with Crippen LogP contribution in [0.25, 0.3) is 4.85 Å². The summed E-state index contributed by atoms with van der Waals surface area (Å²) in [5.41, 5.74) is 1.93. The largest absolute Gasteiger partial charge is 0.495 e. The van der Waals surface area contributed by atoms with Crippen LogP contribution >= 0.6 is 7.81 Å². The number of rotatable bonds is 5. The molecule has 0 saturated carbocycles. The molecule has 0 unspecified atom stereocenters. The minimum Gasteiger partial charge on any atom is -0.495 e. The Balaban J connectivity index is 0.000000479. The Labute approximate surface area is 208 Å². The fourth-order valence-electron chi connectivity index (χ4n) is 3.54. The second-order valence-corrected chi connectivity index (χ2v) is 10.4. The fourth-order valence-corrected chi connectivity index (χ4v) is 3.54. The summed E-state index contributed by atoms with van der Waals surface area (Å²) in [6, 6.07) is 10.2. The zero-order valence-corrected chi connectivity index (χ0v) is 20.4. The third-order valence-corrected chi connectivity index (χ3v) is 5.39. The van der Waals surface area contributed by atoms with Crippen LogP contribution in [0.3, 0.4) is 0 Å². The zero-order chi connectivity index (χ0) is 27.5. The molecule has 1 saturated heterocycles. The molecule has 1 amide bonds. The Morgan fingerprint density at radius 3 is 2.35 bits per heavy atom. The topological polar surface area (TPSA) is 77.0 Å². The van der Waals surface area contributed by atoms with E-state index < -0.39 is 14.9 Å². The molecular weight excluding hydrogens is 530 g/mol. The summed E-state index contributed by atoms with van der Waals surface area (Å²) in [5.74, 6) is 1.31. The van der Waals surface area contributed by atoms with Crippen molar-refractivity contribution in [3.8, 4) is 17.2 Å². The molecule has 0 aromatic heterocycles. The molecule has 16 heteroatoms. The van der Waals surface area contributed by atoms with Crippen molar-refractivity contribution in [2.45, 2.75) is 6.61 Å². The van der Waals surface area contributed by atoms with E-state index in [1.807, 2.05) is 6.07 Å². The summed E-state index contributed by atoms with van der Waals surface area (Å²) in [5, 5.41) is 9.73. The van der Waals surface area contributed by atoms with Gasteiger partial charge in [0.15, 0.2) is 6.61 Å². The minimum atomic E-state index is -10.7. The summed E-state index contributed by atoms with van der Waals surface area (Å²) in [4.78, 5) is 19.1. The van der Waals surface area contributed by atoms with Crippen LogP contribution < -0.4 is 19.8 Å². The number of nitrogens with zero attached hydrogens (tertiary/aromatic N) is 2. The molecule has 0 aliphatic carbocycles. The van der Waals surface area contributed by atoms with Crippen LogP contribution in [0.15, 0.2) is 36.4 Å². The van der Waals surface area contributed by atoms with Gasteiger partial charge in [-0.2, -0.15) is 0 Å². The van der Waals surface area contributed by atoms with E-state index in [2.05, 4.69) is 11.9 Å². The molecule has 2 aromatic rings. The number of amides is 1. The minimum absolute atomic E-state index is 0.0815. The van der Waals surface area contributed by atoms with Gasteiger partial charge in [-0.1, -0.05) is 6.07 Å². The number of likely N-dealkylation sites (N-methyl/N-ethyl adjacent to an activating group) is 1. The molecule has 2 aromatic carbocycles. The maximum absolute atomic E-state index is 12.4. The average molecular weight is 553 g/mol. The number of hydrogen-bond acceptors (Lipinski definition) is 5. The number of hydrogen-bond donors (Lipinski definition) is 2. The molecule has 202 valence electrons. The van der Waals surface area contributed by atoms with E-state index in [9.17, 15) is 35.0 Å². The van der Waals surface area contributed by atoms with Crippen molar-refractivity contribution in [3.63, 3.8) is 0 Å². The molecule has 2 aliphatic rings. The molecule has 2 heterocycles. The van der Waals surface area contributed by atoms with Crippen LogP contribution in [0.5, 0.6) is 17.2 Å². The molecular formula is C21H23BF6N3O5P. The summed E-state index contributed by atoms with van der Waals surface area (Å²) in [6.07, 6.45) is 0. The Morgan fingerprint density at radius 1 is 1.14 bits per heavy atom. The molecule has 4 rings (SSSR count). The molecule has 0 bridgehead atoms. The van der Waals surface area contributed by atoms with Crippen molar-refractivity contribution in [2.24, 2.45) is 0 Å². The van der Waals surface area contributed by atoms with Gasteiger partial charge in [0.05, 0.1) is 46.4 Å². The number of carbonyl (C=O) groups is 1. The molecule has 37 heavy (non-hydrogen) atoms. The summed E-state index contributed by atoms with van der Waals surface area (Å²) < 4.78 is 76.0. The van der Waals surface area contributed by atoms with Crippen molar-refractivity contribution < 1.29 is 54.0 Å². The van der Waals surface area contributed by atoms with Crippen molar-refractivity contribution in [1.29, 1.82) is 0 Å². The Morgan fingerprint density at radius 2 is 1.73 bits per heavy atom. The van der Waals surface area contributed by atoms with Gasteiger partial charge in [-0.25, -0.2) is 4.85 Å². The van der Waals surface area contributed by atoms with Crippen LogP contribution in [-0.2, 0) is 16.1 Å². The number of piperazine rings is 1. The van der Waals surface area contributed by atoms with Crippen LogP contribution in [0, 0.1) is 6.57 Å². The quantitative estimate of drug-likeness (QED) is 0.257. The van der Waals surface area contributed by atoms with Crippen molar-refractivity contribution in [3.05, 3.63) is 53.4 Å². The number of nitrogens with one attached hydrogen (secondary N) is 1. The van der Waals surface area contributed by atoms with E-state index in [1.54, 1.807) is 35.2 Å². The van der Waals surface area contributed by atoms with E-state index in [4.69, 9.17) is 20.7 Å². The third kappa shape index (κ3) is 9.73. The number of benzene rings is 2. The maximum atomic E-state index is 12.4. The Hall–Kier alpha value is -3.05. The first-order valence-electron chi connectivity index (χ1n) is 10.9. The first-order valence-corrected chi connectivity index (χ1v) is 12.9. The van der Waals surface area contributed by atoms with Crippen LogP contribution in [0.2, 0.25) is 0 Å². The number of carbonyl (C=O) groups excluding carboxylic acids is 1. The number of quaternary nitrogens is 1. The van der Waals surface area contributed by atoms with Crippen molar-refractivity contribution in [2.75, 3.05) is 39.8 Å². The summed E-state index contributed by atoms with van der Waals surface area (Å²) in [7, 11) is -9.44. The maximum Gasteiger partial charge on any atom is 0.491 e. The second-order valence-electron chi connectivity index (χ2n) is 8.45. The second kappa shape index (κ2) is 10.0. The van der Waals surface area contributed by atoms with E-state index in [1.165, 1.54) is 4.90 Å². The van der Waals surface area contributed by atoms with Gasteiger partial charge < -0.3 is 29.0 Å². The average Bonchev–Trinajstić information content (AvgIpc) is 3.16. The van der Waals surface area contributed by atoms with E-state index in [0.29, 0.717) is 42.6 Å².